The van der Waals surface area contributed by atoms with Crippen molar-refractivity contribution in [2.75, 3.05) is 0 Å². The standard InChI is InChI=1S/C23H18O3S/c1-16-11-13-18(14-12-16)27(25)15-20-19-9-5-6-10-21(19)26-23(20)22(24)17-7-3-2-4-8-17/h2-14H,15H2,1H3/t27-/m0/s1. The summed E-state index contributed by atoms with van der Waals surface area (Å²) in [4.78, 5) is 13.7. The fraction of sp³-hybridized carbons (Fsp3) is 0.0870. The van der Waals surface area contributed by atoms with Crippen LogP contribution in [0, 0.1) is 6.92 Å². The smallest absolute Gasteiger partial charge is 0.228 e. The molecule has 1 heterocycles. The fourth-order valence-electron chi connectivity index (χ4n) is 3.05. The average molecular weight is 374 g/mol. The maximum atomic E-state index is 13.0. The Morgan fingerprint density at radius 2 is 1.56 bits per heavy atom. The zero-order valence-corrected chi connectivity index (χ0v) is 15.7. The normalized spacial score (nSPS) is 12.2. The summed E-state index contributed by atoms with van der Waals surface area (Å²) in [5.41, 5.74) is 2.99. The second kappa shape index (κ2) is 7.33. The molecule has 0 amide bonds. The van der Waals surface area contributed by atoms with Gasteiger partial charge in [-0.1, -0.05) is 66.2 Å². The predicted molar refractivity (Wildman–Crippen MR) is 107 cm³/mol. The fourth-order valence-corrected chi connectivity index (χ4v) is 4.21. The van der Waals surface area contributed by atoms with Gasteiger partial charge in [-0.25, -0.2) is 0 Å². The first kappa shape index (κ1) is 17.4. The van der Waals surface area contributed by atoms with Crippen molar-refractivity contribution in [3.63, 3.8) is 0 Å². The SMILES string of the molecule is Cc1ccc([S@@](=O)Cc2c(C(=O)c3ccccc3)oc3ccccc23)cc1. The number of hydrogen-bond acceptors (Lipinski definition) is 3. The molecule has 0 radical (unpaired) electrons. The summed E-state index contributed by atoms with van der Waals surface area (Å²) in [6.07, 6.45) is 0. The highest BCUT2D eigenvalue weighted by atomic mass is 32.2. The number of carbonyl (C=O) groups is 1. The molecule has 0 aliphatic carbocycles. The molecule has 0 fully saturated rings. The molecular formula is C23H18O3S. The number of rotatable bonds is 5. The number of hydrogen-bond donors (Lipinski definition) is 0. The van der Waals surface area contributed by atoms with Crippen molar-refractivity contribution in [3.05, 3.63) is 101 Å². The second-order valence-electron chi connectivity index (χ2n) is 6.40. The first-order valence-corrected chi connectivity index (χ1v) is 10.0. The Balaban J connectivity index is 1.78. The lowest BCUT2D eigenvalue weighted by Crippen LogP contribution is -2.05. The molecule has 0 saturated carbocycles. The van der Waals surface area contributed by atoms with Gasteiger partial charge in [0.2, 0.25) is 5.78 Å². The highest BCUT2D eigenvalue weighted by molar-refractivity contribution is 7.84. The van der Waals surface area contributed by atoms with Crippen molar-refractivity contribution in [1.82, 2.24) is 0 Å². The van der Waals surface area contributed by atoms with E-state index >= 15 is 0 Å². The first-order valence-electron chi connectivity index (χ1n) is 8.68. The summed E-state index contributed by atoms with van der Waals surface area (Å²) < 4.78 is 18.8. The molecule has 27 heavy (non-hydrogen) atoms. The lowest BCUT2D eigenvalue weighted by Gasteiger charge is -2.05. The lowest BCUT2D eigenvalue weighted by molar-refractivity contribution is 0.101. The Morgan fingerprint density at radius 3 is 2.30 bits per heavy atom. The quantitative estimate of drug-likeness (QED) is 0.447. The van der Waals surface area contributed by atoms with Crippen LogP contribution in [0.15, 0.2) is 88.2 Å². The Bertz CT molecular complexity index is 1130. The van der Waals surface area contributed by atoms with Crippen LogP contribution >= 0.6 is 0 Å². The molecule has 0 bridgehead atoms. The van der Waals surface area contributed by atoms with E-state index in [2.05, 4.69) is 0 Å². The highest BCUT2D eigenvalue weighted by Crippen LogP contribution is 2.30. The monoisotopic (exact) mass is 374 g/mol. The summed E-state index contributed by atoms with van der Waals surface area (Å²) in [5, 5.41) is 0.831. The van der Waals surface area contributed by atoms with E-state index in [-0.39, 0.29) is 17.3 Å². The zero-order chi connectivity index (χ0) is 18.8. The second-order valence-corrected chi connectivity index (χ2v) is 7.86. The van der Waals surface area contributed by atoms with Crippen molar-refractivity contribution < 1.29 is 13.4 Å². The Morgan fingerprint density at radius 1 is 0.889 bits per heavy atom. The minimum Gasteiger partial charge on any atom is -0.452 e. The van der Waals surface area contributed by atoms with Crippen molar-refractivity contribution in [2.45, 2.75) is 17.6 Å². The van der Waals surface area contributed by atoms with Gasteiger partial charge in [0.15, 0.2) is 5.76 Å². The van der Waals surface area contributed by atoms with Crippen LogP contribution in [0.25, 0.3) is 11.0 Å². The molecule has 0 N–H and O–H groups in total. The van der Waals surface area contributed by atoms with Gasteiger partial charge < -0.3 is 4.42 Å². The summed E-state index contributed by atoms with van der Waals surface area (Å²) in [7, 11) is -1.27. The summed E-state index contributed by atoms with van der Waals surface area (Å²) in [6.45, 7) is 1.99. The minimum absolute atomic E-state index is 0.192. The lowest BCUT2D eigenvalue weighted by atomic mass is 10.0. The van der Waals surface area contributed by atoms with E-state index in [0.29, 0.717) is 16.7 Å². The number of carbonyl (C=O) groups excluding carboxylic acids is 1. The van der Waals surface area contributed by atoms with Gasteiger partial charge in [-0.3, -0.25) is 9.00 Å². The summed E-state index contributed by atoms with van der Waals surface area (Å²) in [5.74, 6) is 0.305. The number of furan rings is 1. The van der Waals surface area contributed by atoms with E-state index in [4.69, 9.17) is 4.42 Å². The number of fused-ring (bicyclic) bond motifs is 1. The largest absolute Gasteiger partial charge is 0.452 e. The third kappa shape index (κ3) is 3.49. The molecule has 0 unspecified atom stereocenters. The van der Waals surface area contributed by atoms with Crippen LogP contribution in [0.2, 0.25) is 0 Å². The third-order valence-corrected chi connectivity index (χ3v) is 5.85. The highest BCUT2D eigenvalue weighted by Gasteiger charge is 2.23. The van der Waals surface area contributed by atoms with Crippen molar-refractivity contribution in [3.8, 4) is 0 Å². The van der Waals surface area contributed by atoms with Gasteiger partial charge in [0.05, 0.1) is 16.6 Å². The summed E-state index contributed by atoms with van der Waals surface area (Å²) in [6, 6.07) is 24.1. The average Bonchev–Trinajstić information content (AvgIpc) is 3.07. The minimum atomic E-state index is -1.27. The van der Waals surface area contributed by atoms with E-state index in [0.717, 1.165) is 15.8 Å². The number of ketones is 1. The molecule has 1 aromatic heterocycles. The van der Waals surface area contributed by atoms with Gasteiger partial charge in [0.1, 0.15) is 5.58 Å². The van der Waals surface area contributed by atoms with E-state index in [1.54, 1.807) is 12.1 Å². The predicted octanol–water partition coefficient (Wildman–Crippen LogP) is 5.28. The zero-order valence-electron chi connectivity index (χ0n) is 14.8. The molecule has 3 aromatic carbocycles. The molecule has 1 atom stereocenters. The van der Waals surface area contributed by atoms with Crippen LogP contribution in [0.1, 0.15) is 27.2 Å². The van der Waals surface area contributed by atoms with Gasteiger partial charge in [-0.15, -0.1) is 0 Å². The van der Waals surface area contributed by atoms with E-state index in [1.807, 2.05) is 73.7 Å². The maximum Gasteiger partial charge on any atom is 0.228 e. The molecule has 4 rings (SSSR count). The molecular weight excluding hydrogens is 356 g/mol. The topological polar surface area (TPSA) is 47.3 Å². The van der Waals surface area contributed by atoms with E-state index in [9.17, 15) is 9.00 Å². The Kier molecular flexibility index (Phi) is 4.73. The van der Waals surface area contributed by atoms with Crippen LogP contribution in [0.5, 0.6) is 0 Å². The number of para-hydroxylation sites is 1. The van der Waals surface area contributed by atoms with Gasteiger partial charge in [0.25, 0.3) is 0 Å². The van der Waals surface area contributed by atoms with Crippen LogP contribution in [0.3, 0.4) is 0 Å². The van der Waals surface area contributed by atoms with Gasteiger partial charge in [-0.05, 0) is 25.1 Å². The molecule has 3 nitrogen and oxygen atoms in total. The van der Waals surface area contributed by atoms with Crippen molar-refractivity contribution in [2.24, 2.45) is 0 Å². The van der Waals surface area contributed by atoms with E-state index in [1.165, 1.54) is 0 Å². The molecule has 4 heteroatoms. The van der Waals surface area contributed by atoms with Crippen molar-refractivity contribution >= 4 is 27.6 Å². The summed E-state index contributed by atoms with van der Waals surface area (Å²) >= 11 is 0. The number of aryl methyl sites for hydroxylation is 1. The Labute approximate surface area is 160 Å². The number of benzene rings is 3. The van der Waals surface area contributed by atoms with Crippen LogP contribution in [-0.4, -0.2) is 9.99 Å². The van der Waals surface area contributed by atoms with Gasteiger partial charge in [-0.2, -0.15) is 0 Å². The van der Waals surface area contributed by atoms with Gasteiger partial charge >= 0.3 is 0 Å². The molecule has 134 valence electrons. The Hall–Kier alpha value is -2.98. The van der Waals surface area contributed by atoms with Crippen LogP contribution in [0.4, 0.5) is 0 Å². The molecule has 0 spiro atoms. The molecule has 0 saturated heterocycles. The van der Waals surface area contributed by atoms with Crippen LogP contribution < -0.4 is 0 Å². The molecule has 4 aromatic rings. The van der Waals surface area contributed by atoms with E-state index < -0.39 is 10.8 Å². The van der Waals surface area contributed by atoms with Crippen molar-refractivity contribution in [1.29, 1.82) is 0 Å². The third-order valence-electron chi connectivity index (χ3n) is 4.50. The van der Waals surface area contributed by atoms with Crippen LogP contribution in [-0.2, 0) is 16.6 Å². The molecule has 0 aliphatic heterocycles. The first-order chi connectivity index (χ1) is 13.1. The van der Waals surface area contributed by atoms with Gasteiger partial charge in [0, 0.05) is 21.4 Å². The maximum absolute atomic E-state index is 13.0. The molecule has 0 aliphatic rings.